The van der Waals surface area contributed by atoms with E-state index < -0.39 is 0 Å². The third-order valence-electron chi connectivity index (χ3n) is 3.19. The van der Waals surface area contributed by atoms with Gasteiger partial charge in [-0.15, -0.1) is 0 Å². The Morgan fingerprint density at radius 2 is 2.18 bits per heavy atom. The highest BCUT2D eigenvalue weighted by Crippen LogP contribution is 2.21. The number of fused-ring (bicyclic) bond motifs is 1. The van der Waals surface area contributed by atoms with Gasteiger partial charge in [0, 0.05) is 12.2 Å². The lowest BCUT2D eigenvalue weighted by Gasteiger charge is -2.14. The minimum atomic E-state index is -0.287. The molecule has 94 valence electrons. The van der Waals surface area contributed by atoms with E-state index in [9.17, 15) is 5.11 Å². The Hall–Kier alpha value is -1.09. The van der Waals surface area contributed by atoms with Crippen LogP contribution in [0.25, 0.3) is 0 Å². The molecule has 0 radical (unpaired) electrons. The Labute approximate surface area is 103 Å². The van der Waals surface area contributed by atoms with Gasteiger partial charge in [0.1, 0.15) is 5.82 Å². The molecule has 1 aliphatic rings. The van der Waals surface area contributed by atoms with E-state index in [0.717, 1.165) is 18.7 Å². The number of anilines is 1. The molecule has 1 unspecified atom stereocenters. The van der Waals surface area contributed by atoms with Crippen LogP contribution in [0.2, 0.25) is 0 Å². The summed E-state index contributed by atoms with van der Waals surface area (Å²) in [6.45, 7) is 4.83. The SMILES string of the molecule is CC(C)CC(O)CNc1ccc2c(n1)CCC2. The Bertz CT molecular complexity index is 376. The molecule has 1 aliphatic carbocycles. The van der Waals surface area contributed by atoms with Crippen LogP contribution in [0.5, 0.6) is 0 Å². The van der Waals surface area contributed by atoms with Crippen molar-refractivity contribution in [1.29, 1.82) is 0 Å². The maximum absolute atomic E-state index is 9.78. The van der Waals surface area contributed by atoms with E-state index in [1.54, 1.807) is 0 Å². The number of aliphatic hydroxyl groups excluding tert-OH is 1. The Balaban J connectivity index is 1.87. The first-order chi connectivity index (χ1) is 8.15. The monoisotopic (exact) mass is 234 g/mol. The standard InChI is InChI=1S/C14H22N2O/c1-10(2)8-12(17)9-15-14-7-6-11-4-3-5-13(11)16-14/h6-7,10,12,17H,3-5,8-9H2,1-2H3,(H,15,16). The summed E-state index contributed by atoms with van der Waals surface area (Å²) in [5, 5.41) is 13.0. The van der Waals surface area contributed by atoms with Crippen molar-refractivity contribution in [2.45, 2.75) is 45.6 Å². The maximum atomic E-state index is 9.78. The highest BCUT2D eigenvalue weighted by Gasteiger charge is 2.13. The molecule has 1 aromatic rings. The van der Waals surface area contributed by atoms with Crippen LogP contribution in [-0.2, 0) is 12.8 Å². The fourth-order valence-corrected chi connectivity index (χ4v) is 2.37. The van der Waals surface area contributed by atoms with Gasteiger partial charge in [0.15, 0.2) is 0 Å². The number of pyridine rings is 1. The van der Waals surface area contributed by atoms with E-state index in [1.165, 1.54) is 24.1 Å². The molecule has 3 nitrogen and oxygen atoms in total. The van der Waals surface area contributed by atoms with Gasteiger partial charge in [0.25, 0.3) is 0 Å². The quantitative estimate of drug-likeness (QED) is 0.822. The highest BCUT2D eigenvalue weighted by atomic mass is 16.3. The van der Waals surface area contributed by atoms with Gasteiger partial charge in [0.05, 0.1) is 6.10 Å². The summed E-state index contributed by atoms with van der Waals surface area (Å²) in [4.78, 5) is 4.58. The van der Waals surface area contributed by atoms with Crippen molar-refractivity contribution in [3.05, 3.63) is 23.4 Å². The molecule has 0 aromatic carbocycles. The second-order valence-corrected chi connectivity index (χ2v) is 5.32. The lowest BCUT2D eigenvalue weighted by molar-refractivity contribution is 0.161. The van der Waals surface area contributed by atoms with Crippen molar-refractivity contribution >= 4 is 5.82 Å². The zero-order valence-corrected chi connectivity index (χ0v) is 10.7. The highest BCUT2D eigenvalue weighted by molar-refractivity contribution is 5.40. The molecule has 0 saturated carbocycles. The van der Waals surface area contributed by atoms with Gasteiger partial charge in [-0.3, -0.25) is 0 Å². The number of aryl methyl sites for hydroxylation is 2. The molecule has 0 bridgehead atoms. The number of aromatic nitrogens is 1. The van der Waals surface area contributed by atoms with Gasteiger partial charge in [-0.05, 0) is 43.2 Å². The normalized spacial score (nSPS) is 16.0. The van der Waals surface area contributed by atoms with Gasteiger partial charge in [-0.25, -0.2) is 4.98 Å². The molecule has 2 rings (SSSR count). The van der Waals surface area contributed by atoms with Crippen LogP contribution < -0.4 is 5.32 Å². The first-order valence-electron chi connectivity index (χ1n) is 6.56. The third kappa shape index (κ3) is 3.43. The van der Waals surface area contributed by atoms with Gasteiger partial charge < -0.3 is 10.4 Å². The minimum absolute atomic E-state index is 0.287. The Kier molecular flexibility index (Phi) is 4.00. The largest absolute Gasteiger partial charge is 0.391 e. The summed E-state index contributed by atoms with van der Waals surface area (Å²) in [6.07, 6.45) is 4.03. The lowest BCUT2D eigenvalue weighted by atomic mass is 10.1. The predicted molar refractivity (Wildman–Crippen MR) is 70.2 cm³/mol. The Morgan fingerprint density at radius 3 is 2.94 bits per heavy atom. The number of aliphatic hydroxyl groups is 1. The van der Waals surface area contributed by atoms with Crippen LogP contribution in [0.15, 0.2) is 12.1 Å². The number of nitrogens with one attached hydrogen (secondary N) is 1. The van der Waals surface area contributed by atoms with E-state index in [2.05, 4.69) is 30.2 Å². The average molecular weight is 234 g/mol. The predicted octanol–water partition coefficient (Wildman–Crippen LogP) is 2.39. The molecule has 2 N–H and O–H groups in total. The van der Waals surface area contributed by atoms with Crippen LogP contribution >= 0.6 is 0 Å². The molecule has 17 heavy (non-hydrogen) atoms. The number of rotatable bonds is 5. The number of hydrogen-bond acceptors (Lipinski definition) is 3. The average Bonchev–Trinajstić information content (AvgIpc) is 2.72. The van der Waals surface area contributed by atoms with E-state index in [4.69, 9.17) is 0 Å². The zero-order valence-electron chi connectivity index (χ0n) is 10.7. The van der Waals surface area contributed by atoms with Crippen LogP contribution in [0.4, 0.5) is 5.82 Å². The fraction of sp³-hybridized carbons (Fsp3) is 0.643. The molecule has 0 aliphatic heterocycles. The molecule has 1 atom stereocenters. The second-order valence-electron chi connectivity index (χ2n) is 5.32. The van der Waals surface area contributed by atoms with Crippen molar-refractivity contribution in [2.75, 3.05) is 11.9 Å². The molecular weight excluding hydrogens is 212 g/mol. The number of hydrogen-bond donors (Lipinski definition) is 2. The summed E-state index contributed by atoms with van der Waals surface area (Å²) in [6, 6.07) is 4.18. The molecule has 0 spiro atoms. The summed E-state index contributed by atoms with van der Waals surface area (Å²) < 4.78 is 0. The minimum Gasteiger partial charge on any atom is -0.391 e. The molecule has 1 aromatic heterocycles. The van der Waals surface area contributed by atoms with E-state index >= 15 is 0 Å². The molecule has 0 fully saturated rings. The van der Waals surface area contributed by atoms with Gasteiger partial charge in [-0.1, -0.05) is 19.9 Å². The zero-order chi connectivity index (χ0) is 12.3. The Morgan fingerprint density at radius 1 is 1.35 bits per heavy atom. The van der Waals surface area contributed by atoms with E-state index in [1.807, 2.05) is 6.07 Å². The van der Waals surface area contributed by atoms with Crippen LogP contribution in [0, 0.1) is 5.92 Å². The molecule has 0 saturated heterocycles. The van der Waals surface area contributed by atoms with Crippen LogP contribution in [-0.4, -0.2) is 22.7 Å². The van der Waals surface area contributed by atoms with Crippen molar-refractivity contribution in [1.82, 2.24) is 4.98 Å². The third-order valence-corrected chi connectivity index (χ3v) is 3.19. The van der Waals surface area contributed by atoms with Crippen molar-refractivity contribution in [3.63, 3.8) is 0 Å². The fourth-order valence-electron chi connectivity index (χ4n) is 2.37. The summed E-state index contributed by atoms with van der Waals surface area (Å²) in [5.74, 6) is 1.42. The molecule has 1 heterocycles. The van der Waals surface area contributed by atoms with Gasteiger partial charge >= 0.3 is 0 Å². The molecule has 0 amide bonds. The van der Waals surface area contributed by atoms with Crippen LogP contribution in [0.1, 0.15) is 37.9 Å². The molecular formula is C14H22N2O. The van der Waals surface area contributed by atoms with Crippen LogP contribution in [0.3, 0.4) is 0 Å². The summed E-state index contributed by atoms with van der Waals surface area (Å²) in [7, 11) is 0. The second kappa shape index (κ2) is 5.50. The van der Waals surface area contributed by atoms with Crippen molar-refractivity contribution in [2.24, 2.45) is 5.92 Å². The maximum Gasteiger partial charge on any atom is 0.126 e. The summed E-state index contributed by atoms with van der Waals surface area (Å²) in [5.41, 5.74) is 2.62. The van der Waals surface area contributed by atoms with E-state index in [-0.39, 0.29) is 6.10 Å². The smallest absolute Gasteiger partial charge is 0.126 e. The topological polar surface area (TPSA) is 45.1 Å². The van der Waals surface area contributed by atoms with E-state index in [0.29, 0.717) is 12.5 Å². The van der Waals surface area contributed by atoms with Crippen molar-refractivity contribution < 1.29 is 5.11 Å². The number of nitrogens with zero attached hydrogens (tertiary/aromatic N) is 1. The first-order valence-corrected chi connectivity index (χ1v) is 6.56. The van der Waals surface area contributed by atoms with Crippen molar-refractivity contribution in [3.8, 4) is 0 Å². The molecule has 3 heteroatoms. The lowest BCUT2D eigenvalue weighted by Crippen LogP contribution is -2.21. The first kappa shape index (κ1) is 12.4. The van der Waals surface area contributed by atoms with Gasteiger partial charge in [-0.2, -0.15) is 0 Å². The van der Waals surface area contributed by atoms with Gasteiger partial charge in [0.2, 0.25) is 0 Å². The summed E-state index contributed by atoms with van der Waals surface area (Å²) >= 11 is 0.